The van der Waals surface area contributed by atoms with E-state index in [4.69, 9.17) is 10.5 Å². The van der Waals surface area contributed by atoms with Gasteiger partial charge in [0, 0.05) is 32.2 Å². The van der Waals surface area contributed by atoms with Gasteiger partial charge in [0.25, 0.3) is 5.91 Å². The molecule has 1 aliphatic rings. The van der Waals surface area contributed by atoms with Crippen molar-refractivity contribution in [2.24, 2.45) is 0 Å². The van der Waals surface area contributed by atoms with Gasteiger partial charge < -0.3 is 20.3 Å². The van der Waals surface area contributed by atoms with Gasteiger partial charge in [-0.3, -0.25) is 14.7 Å². The molecule has 0 atom stereocenters. The van der Waals surface area contributed by atoms with Gasteiger partial charge in [0.1, 0.15) is 17.3 Å². The van der Waals surface area contributed by atoms with E-state index in [2.05, 4.69) is 10.2 Å². The number of anilines is 1. The van der Waals surface area contributed by atoms with Crippen LogP contribution >= 0.6 is 0 Å². The first-order valence-electron chi connectivity index (χ1n) is 8.69. The molecule has 1 aromatic heterocycles. The predicted molar refractivity (Wildman–Crippen MR) is 96.7 cm³/mol. The predicted octanol–water partition coefficient (Wildman–Crippen LogP) is 1.14. The molecule has 1 fully saturated rings. The molecule has 2 aromatic rings. The van der Waals surface area contributed by atoms with Crippen LogP contribution in [0.5, 0.6) is 5.75 Å². The van der Waals surface area contributed by atoms with Crippen LogP contribution < -0.4 is 10.5 Å². The van der Waals surface area contributed by atoms with Crippen molar-refractivity contribution in [1.82, 2.24) is 20.0 Å². The molecule has 1 aliphatic heterocycles. The third-order valence-electron chi connectivity index (χ3n) is 4.29. The Balaban J connectivity index is 1.47. The number of nitrogens with one attached hydrogen (secondary N) is 1. The maximum Gasteiger partial charge on any atom is 0.272 e. The third-order valence-corrected chi connectivity index (χ3v) is 4.29. The van der Waals surface area contributed by atoms with Crippen LogP contribution in [0.1, 0.15) is 23.3 Å². The van der Waals surface area contributed by atoms with Crippen molar-refractivity contribution in [3.05, 3.63) is 42.1 Å². The van der Waals surface area contributed by atoms with E-state index in [-0.39, 0.29) is 11.8 Å². The Labute approximate surface area is 151 Å². The van der Waals surface area contributed by atoms with Crippen LogP contribution in [-0.2, 0) is 4.79 Å². The molecule has 2 amide bonds. The van der Waals surface area contributed by atoms with E-state index in [0.717, 1.165) is 12.2 Å². The zero-order valence-corrected chi connectivity index (χ0v) is 14.6. The van der Waals surface area contributed by atoms with Gasteiger partial charge in [-0.25, -0.2) is 0 Å². The zero-order chi connectivity index (χ0) is 18.4. The number of hydrogen-bond donors (Lipinski definition) is 2. The summed E-state index contributed by atoms with van der Waals surface area (Å²) in [6, 6.07) is 11.0. The maximum atomic E-state index is 12.4. The highest BCUT2D eigenvalue weighted by atomic mass is 16.5. The molecule has 2 heterocycles. The number of carbonyl (C=O) groups is 2. The molecule has 8 heteroatoms. The van der Waals surface area contributed by atoms with E-state index in [0.29, 0.717) is 50.7 Å². The quantitative estimate of drug-likeness (QED) is 0.835. The molecule has 1 aromatic carbocycles. The van der Waals surface area contributed by atoms with Gasteiger partial charge in [0.2, 0.25) is 5.91 Å². The molecule has 3 rings (SSSR count). The molecule has 8 nitrogen and oxygen atoms in total. The van der Waals surface area contributed by atoms with Crippen LogP contribution in [0, 0.1) is 0 Å². The lowest BCUT2D eigenvalue weighted by atomic mass is 10.3. The molecule has 26 heavy (non-hydrogen) atoms. The molecule has 0 spiro atoms. The molecule has 0 radical (unpaired) electrons. The lowest BCUT2D eigenvalue weighted by Crippen LogP contribution is -2.37. The number of para-hydroxylation sites is 1. The van der Waals surface area contributed by atoms with Crippen molar-refractivity contribution < 1.29 is 14.3 Å². The minimum atomic E-state index is -0.143. The average Bonchev–Trinajstić information content (AvgIpc) is 2.94. The summed E-state index contributed by atoms with van der Waals surface area (Å²) in [7, 11) is 0. The third kappa shape index (κ3) is 4.53. The average molecular weight is 357 g/mol. The Hall–Kier alpha value is -3.03. The van der Waals surface area contributed by atoms with Crippen molar-refractivity contribution in [1.29, 1.82) is 0 Å². The van der Waals surface area contributed by atoms with Crippen LogP contribution in [0.3, 0.4) is 0 Å². The molecular weight excluding hydrogens is 334 g/mol. The van der Waals surface area contributed by atoms with E-state index < -0.39 is 0 Å². The first-order valence-corrected chi connectivity index (χ1v) is 8.69. The summed E-state index contributed by atoms with van der Waals surface area (Å²) in [6.07, 6.45) is 1.06. The van der Waals surface area contributed by atoms with E-state index >= 15 is 0 Å². The fraction of sp³-hybridized carbons (Fsp3) is 0.389. The van der Waals surface area contributed by atoms with Crippen LogP contribution in [0.2, 0.25) is 0 Å². The Kier molecular flexibility index (Phi) is 5.73. The number of nitrogen functional groups attached to an aromatic ring is 1. The number of rotatable bonds is 5. The Morgan fingerprint density at radius 1 is 1.12 bits per heavy atom. The number of H-pyrrole nitrogens is 1. The Bertz CT molecular complexity index is 746. The highest BCUT2D eigenvalue weighted by Gasteiger charge is 2.23. The normalized spacial score (nSPS) is 14.8. The van der Waals surface area contributed by atoms with Crippen LogP contribution in [-0.4, -0.2) is 64.6 Å². The van der Waals surface area contributed by atoms with Gasteiger partial charge in [0.05, 0.1) is 13.0 Å². The number of nitrogens with zero attached hydrogens (tertiary/aromatic N) is 3. The van der Waals surface area contributed by atoms with Crippen molar-refractivity contribution in [3.8, 4) is 5.75 Å². The minimum Gasteiger partial charge on any atom is -0.493 e. The first-order chi connectivity index (χ1) is 12.6. The summed E-state index contributed by atoms with van der Waals surface area (Å²) in [5, 5.41) is 6.42. The van der Waals surface area contributed by atoms with E-state index in [1.54, 1.807) is 9.80 Å². The fourth-order valence-electron chi connectivity index (χ4n) is 2.92. The smallest absolute Gasteiger partial charge is 0.272 e. The van der Waals surface area contributed by atoms with Crippen molar-refractivity contribution in [2.75, 3.05) is 38.5 Å². The number of ether oxygens (including phenoxy) is 1. The fourth-order valence-corrected chi connectivity index (χ4v) is 2.92. The highest BCUT2D eigenvalue weighted by molar-refractivity contribution is 5.93. The minimum absolute atomic E-state index is 0.0426. The van der Waals surface area contributed by atoms with Gasteiger partial charge in [-0.15, -0.1) is 0 Å². The van der Waals surface area contributed by atoms with Crippen LogP contribution in [0.15, 0.2) is 36.4 Å². The zero-order valence-electron chi connectivity index (χ0n) is 14.6. The molecule has 0 bridgehead atoms. The summed E-state index contributed by atoms with van der Waals surface area (Å²) in [4.78, 5) is 28.4. The second-order valence-electron chi connectivity index (χ2n) is 6.14. The molecule has 0 saturated carbocycles. The lowest BCUT2D eigenvalue weighted by molar-refractivity contribution is -0.131. The van der Waals surface area contributed by atoms with Crippen molar-refractivity contribution in [3.63, 3.8) is 0 Å². The summed E-state index contributed by atoms with van der Waals surface area (Å²) in [5.74, 6) is 0.946. The first kappa shape index (κ1) is 17.8. The second kappa shape index (κ2) is 8.37. The molecule has 1 saturated heterocycles. The number of aromatic amines is 1. The second-order valence-corrected chi connectivity index (χ2v) is 6.14. The monoisotopic (exact) mass is 357 g/mol. The molecular formula is C18H23N5O3. The van der Waals surface area contributed by atoms with E-state index in [9.17, 15) is 9.59 Å². The molecule has 0 aliphatic carbocycles. The largest absolute Gasteiger partial charge is 0.493 e. The molecule has 0 unspecified atom stereocenters. The highest BCUT2D eigenvalue weighted by Crippen LogP contribution is 2.12. The van der Waals surface area contributed by atoms with Gasteiger partial charge in [-0.05, 0) is 18.6 Å². The summed E-state index contributed by atoms with van der Waals surface area (Å²) in [5.41, 5.74) is 5.92. The van der Waals surface area contributed by atoms with Gasteiger partial charge >= 0.3 is 0 Å². The number of nitrogens with two attached hydrogens (primary N) is 1. The summed E-state index contributed by atoms with van der Waals surface area (Å²) < 4.78 is 5.58. The van der Waals surface area contributed by atoms with Gasteiger partial charge in [-0.2, -0.15) is 5.10 Å². The van der Waals surface area contributed by atoms with Crippen molar-refractivity contribution in [2.45, 2.75) is 12.8 Å². The summed E-state index contributed by atoms with van der Waals surface area (Å²) in [6.45, 7) is 2.58. The maximum absolute atomic E-state index is 12.4. The molecule has 138 valence electrons. The van der Waals surface area contributed by atoms with E-state index in [1.807, 2.05) is 30.3 Å². The van der Waals surface area contributed by atoms with Crippen LogP contribution in [0.25, 0.3) is 0 Å². The number of aromatic nitrogens is 2. The van der Waals surface area contributed by atoms with E-state index in [1.165, 1.54) is 6.07 Å². The number of hydrogen-bond acceptors (Lipinski definition) is 5. The van der Waals surface area contributed by atoms with Gasteiger partial charge in [0.15, 0.2) is 0 Å². The standard InChI is InChI=1S/C18H23N5O3/c19-16-13-15(20-21-16)18(25)23-9-4-8-22(10-11-23)17(24)7-12-26-14-5-2-1-3-6-14/h1-3,5-6,13H,4,7-12H2,(H3,19,20,21). The van der Waals surface area contributed by atoms with Gasteiger partial charge in [-0.1, -0.05) is 18.2 Å². The lowest BCUT2D eigenvalue weighted by Gasteiger charge is -2.22. The Morgan fingerprint density at radius 2 is 1.85 bits per heavy atom. The number of amides is 2. The van der Waals surface area contributed by atoms with Crippen LogP contribution in [0.4, 0.5) is 5.82 Å². The number of benzene rings is 1. The van der Waals surface area contributed by atoms with Crippen molar-refractivity contribution >= 4 is 17.6 Å². The Morgan fingerprint density at radius 3 is 2.58 bits per heavy atom. The molecule has 3 N–H and O–H groups in total. The number of carbonyl (C=O) groups excluding carboxylic acids is 2. The summed E-state index contributed by atoms with van der Waals surface area (Å²) >= 11 is 0. The topological polar surface area (TPSA) is 105 Å². The SMILES string of the molecule is Nc1cc(C(=O)N2CCCN(C(=O)CCOc3ccccc3)CC2)[nH]n1.